The number of carbonyl (C=O) groups is 1. The average molecular weight is 250 g/mol. The standard InChI is InChI=1S/C14H22N2O2/c1-4-6-9-16(11(3)5-2)13-7-8-15-10-12(13)14(17)18/h7-8,10-11H,4-6,9H2,1-3H3,(H,17,18). The van der Waals surface area contributed by atoms with Gasteiger partial charge in [-0.3, -0.25) is 4.98 Å². The van der Waals surface area contributed by atoms with E-state index >= 15 is 0 Å². The van der Waals surface area contributed by atoms with Crippen LogP contribution in [0.4, 0.5) is 5.69 Å². The number of hydrogen-bond acceptors (Lipinski definition) is 3. The maximum absolute atomic E-state index is 11.2. The second kappa shape index (κ2) is 6.99. The Balaban J connectivity index is 3.07. The molecular weight excluding hydrogens is 228 g/mol. The molecule has 1 aromatic rings. The molecule has 1 rings (SSSR count). The van der Waals surface area contributed by atoms with Crippen molar-refractivity contribution in [3.8, 4) is 0 Å². The molecule has 1 N–H and O–H groups in total. The van der Waals surface area contributed by atoms with Crippen LogP contribution in [0, 0.1) is 0 Å². The van der Waals surface area contributed by atoms with Gasteiger partial charge in [0, 0.05) is 25.0 Å². The number of unbranched alkanes of at least 4 members (excludes halogenated alkanes) is 1. The van der Waals surface area contributed by atoms with Gasteiger partial charge in [-0.05, 0) is 25.8 Å². The maximum Gasteiger partial charge on any atom is 0.339 e. The van der Waals surface area contributed by atoms with Crippen molar-refractivity contribution < 1.29 is 9.90 Å². The van der Waals surface area contributed by atoms with E-state index in [1.807, 2.05) is 0 Å². The second-order valence-electron chi connectivity index (χ2n) is 4.50. The third-order valence-electron chi connectivity index (χ3n) is 3.21. The first-order valence-corrected chi connectivity index (χ1v) is 6.55. The predicted octanol–water partition coefficient (Wildman–Crippen LogP) is 3.18. The lowest BCUT2D eigenvalue weighted by Gasteiger charge is -2.31. The normalized spacial score (nSPS) is 12.2. The van der Waals surface area contributed by atoms with Crippen LogP contribution in [0.3, 0.4) is 0 Å². The van der Waals surface area contributed by atoms with E-state index in [2.05, 4.69) is 30.7 Å². The zero-order valence-corrected chi connectivity index (χ0v) is 11.4. The lowest BCUT2D eigenvalue weighted by Crippen LogP contribution is -2.34. The molecule has 1 heterocycles. The highest BCUT2D eigenvalue weighted by Crippen LogP contribution is 2.23. The third kappa shape index (κ3) is 3.45. The van der Waals surface area contributed by atoms with Crippen LogP contribution in [0.15, 0.2) is 18.5 Å². The smallest absolute Gasteiger partial charge is 0.339 e. The summed E-state index contributed by atoms with van der Waals surface area (Å²) in [4.78, 5) is 17.3. The van der Waals surface area contributed by atoms with Crippen LogP contribution >= 0.6 is 0 Å². The summed E-state index contributed by atoms with van der Waals surface area (Å²) in [5.41, 5.74) is 1.06. The van der Waals surface area contributed by atoms with Gasteiger partial charge in [-0.15, -0.1) is 0 Å². The van der Waals surface area contributed by atoms with Gasteiger partial charge >= 0.3 is 5.97 Å². The second-order valence-corrected chi connectivity index (χ2v) is 4.50. The molecule has 1 unspecified atom stereocenters. The van der Waals surface area contributed by atoms with Gasteiger partial charge in [-0.1, -0.05) is 20.3 Å². The Labute approximate surface area is 109 Å². The largest absolute Gasteiger partial charge is 0.478 e. The Morgan fingerprint density at radius 2 is 2.22 bits per heavy atom. The van der Waals surface area contributed by atoms with E-state index in [1.165, 1.54) is 6.20 Å². The van der Waals surface area contributed by atoms with Crippen molar-refractivity contribution in [2.45, 2.75) is 46.1 Å². The number of aromatic carboxylic acids is 1. The van der Waals surface area contributed by atoms with Gasteiger partial charge in [0.05, 0.1) is 5.69 Å². The molecule has 4 heteroatoms. The number of pyridine rings is 1. The summed E-state index contributed by atoms with van der Waals surface area (Å²) in [7, 11) is 0. The molecule has 0 spiro atoms. The van der Waals surface area contributed by atoms with Crippen molar-refractivity contribution in [2.75, 3.05) is 11.4 Å². The first-order valence-electron chi connectivity index (χ1n) is 6.55. The van der Waals surface area contributed by atoms with Gasteiger partial charge in [0.1, 0.15) is 5.56 Å². The van der Waals surface area contributed by atoms with Crippen LogP contribution in [0.2, 0.25) is 0 Å². The van der Waals surface area contributed by atoms with Crippen molar-refractivity contribution >= 4 is 11.7 Å². The zero-order valence-electron chi connectivity index (χ0n) is 11.4. The Bertz CT molecular complexity index is 393. The van der Waals surface area contributed by atoms with Crippen molar-refractivity contribution in [1.82, 2.24) is 4.98 Å². The third-order valence-corrected chi connectivity index (χ3v) is 3.21. The highest BCUT2D eigenvalue weighted by Gasteiger charge is 2.19. The fraction of sp³-hybridized carbons (Fsp3) is 0.571. The fourth-order valence-corrected chi connectivity index (χ4v) is 1.93. The number of nitrogens with zero attached hydrogens (tertiary/aromatic N) is 2. The molecule has 0 fully saturated rings. The quantitative estimate of drug-likeness (QED) is 0.807. The lowest BCUT2D eigenvalue weighted by atomic mass is 10.1. The monoisotopic (exact) mass is 250 g/mol. The molecule has 4 nitrogen and oxygen atoms in total. The maximum atomic E-state index is 11.2. The van der Waals surface area contributed by atoms with Gasteiger partial charge < -0.3 is 10.0 Å². The first-order chi connectivity index (χ1) is 8.61. The van der Waals surface area contributed by atoms with Gasteiger partial charge in [0.25, 0.3) is 0 Å². The van der Waals surface area contributed by atoms with Crippen LogP contribution < -0.4 is 4.90 Å². The predicted molar refractivity (Wildman–Crippen MR) is 73.2 cm³/mol. The summed E-state index contributed by atoms with van der Waals surface area (Å²) in [6.07, 6.45) is 6.24. The minimum Gasteiger partial charge on any atom is -0.478 e. The number of hydrogen-bond donors (Lipinski definition) is 1. The molecular formula is C14H22N2O2. The van der Waals surface area contributed by atoms with Crippen LogP contribution in [-0.2, 0) is 0 Å². The summed E-state index contributed by atoms with van der Waals surface area (Å²) in [5, 5.41) is 9.23. The van der Waals surface area contributed by atoms with Crippen molar-refractivity contribution in [3.05, 3.63) is 24.0 Å². The summed E-state index contributed by atoms with van der Waals surface area (Å²) in [6.45, 7) is 7.27. The molecule has 0 amide bonds. The number of carboxylic acids is 1. The van der Waals surface area contributed by atoms with Gasteiger partial charge in [-0.2, -0.15) is 0 Å². The number of carboxylic acid groups (broad SMARTS) is 1. The van der Waals surface area contributed by atoms with Crippen molar-refractivity contribution in [3.63, 3.8) is 0 Å². The minimum atomic E-state index is -0.914. The van der Waals surface area contributed by atoms with E-state index in [9.17, 15) is 9.90 Å². The van der Waals surface area contributed by atoms with E-state index in [-0.39, 0.29) is 5.56 Å². The summed E-state index contributed by atoms with van der Waals surface area (Å²) < 4.78 is 0. The topological polar surface area (TPSA) is 53.4 Å². The van der Waals surface area contributed by atoms with E-state index in [0.717, 1.165) is 31.5 Å². The highest BCUT2D eigenvalue weighted by atomic mass is 16.4. The molecule has 1 aromatic heterocycles. The number of rotatable bonds is 7. The SMILES string of the molecule is CCCCN(c1ccncc1C(=O)O)C(C)CC. The Kier molecular flexibility index (Phi) is 5.62. The van der Waals surface area contributed by atoms with Gasteiger partial charge in [0.2, 0.25) is 0 Å². The zero-order chi connectivity index (χ0) is 13.5. The van der Waals surface area contributed by atoms with E-state index in [1.54, 1.807) is 12.3 Å². The molecule has 18 heavy (non-hydrogen) atoms. The molecule has 0 aliphatic carbocycles. The molecule has 0 radical (unpaired) electrons. The van der Waals surface area contributed by atoms with Crippen LogP contribution in [0.5, 0.6) is 0 Å². The van der Waals surface area contributed by atoms with Gasteiger partial charge in [-0.25, -0.2) is 4.79 Å². The number of aromatic nitrogens is 1. The molecule has 1 atom stereocenters. The fourth-order valence-electron chi connectivity index (χ4n) is 1.93. The molecule has 0 aromatic carbocycles. The summed E-state index contributed by atoms with van der Waals surface area (Å²) in [5.74, 6) is -0.914. The molecule has 0 saturated heterocycles. The molecule has 0 bridgehead atoms. The highest BCUT2D eigenvalue weighted by molar-refractivity contribution is 5.94. The van der Waals surface area contributed by atoms with Crippen LogP contribution in [-0.4, -0.2) is 28.6 Å². The van der Waals surface area contributed by atoms with E-state index in [0.29, 0.717) is 6.04 Å². The Hall–Kier alpha value is -1.58. The molecule has 0 aliphatic heterocycles. The Morgan fingerprint density at radius 3 is 2.78 bits per heavy atom. The minimum absolute atomic E-state index is 0.286. The van der Waals surface area contributed by atoms with E-state index < -0.39 is 5.97 Å². The average Bonchev–Trinajstić information content (AvgIpc) is 2.39. The summed E-state index contributed by atoms with van der Waals surface area (Å²) in [6, 6.07) is 2.13. The van der Waals surface area contributed by atoms with Crippen molar-refractivity contribution in [2.24, 2.45) is 0 Å². The van der Waals surface area contributed by atoms with Crippen LogP contribution in [0.25, 0.3) is 0 Å². The molecule has 0 aliphatic rings. The van der Waals surface area contributed by atoms with Gasteiger partial charge in [0.15, 0.2) is 0 Å². The van der Waals surface area contributed by atoms with Crippen LogP contribution in [0.1, 0.15) is 50.4 Å². The lowest BCUT2D eigenvalue weighted by molar-refractivity contribution is 0.0697. The summed E-state index contributed by atoms with van der Waals surface area (Å²) >= 11 is 0. The number of anilines is 1. The van der Waals surface area contributed by atoms with Crippen molar-refractivity contribution in [1.29, 1.82) is 0 Å². The molecule has 0 saturated carbocycles. The Morgan fingerprint density at radius 1 is 1.50 bits per heavy atom. The van der Waals surface area contributed by atoms with E-state index in [4.69, 9.17) is 0 Å². The first kappa shape index (κ1) is 14.5. The molecule has 100 valence electrons.